The van der Waals surface area contributed by atoms with Crippen molar-refractivity contribution in [3.05, 3.63) is 35.4 Å². The van der Waals surface area contributed by atoms with Crippen molar-refractivity contribution in [1.29, 1.82) is 0 Å². The van der Waals surface area contributed by atoms with Crippen LogP contribution < -0.4 is 5.73 Å². The first-order chi connectivity index (χ1) is 8.75. The molecule has 1 nitrogen and oxygen atoms in total. The summed E-state index contributed by atoms with van der Waals surface area (Å²) in [6.45, 7) is 2.36. The molecule has 0 bridgehead atoms. The lowest BCUT2D eigenvalue weighted by molar-refractivity contribution is 0.351. The Morgan fingerprint density at radius 2 is 1.67 bits per heavy atom. The maximum absolute atomic E-state index is 6.46. The second kappa shape index (κ2) is 5.05. The van der Waals surface area contributed by atoms with Crippen LogP contribution in [0.3, 0.4) is 0 Å². The SMILES string of the molecule is CC1CCCC1C(N)c1ccc(C2CCC2)cc1. The molecule has 3 unspecified atom stereocenters. The lowest BCUT2D eigenvalue weighted by Gasteiger charge is -2.27. The molecule has 0 amide bonds. The van der Waals surface area contributed by atoms with E-state index in [4.69, 9.17) is 5.73 Å². The highest BCUT2D eigenvalue weighted by molar-refractivity contribution is 5.28. The first kappa shape index (κ1) is 12.2. The first-order valence-corrected chi connectivity index (χ1v) is 7.61. The van der Waals surface area contributed by atoms with Crippen LogP contribution in [-0.2, 0) is 0 Å². The van der Waals surface area contributed by atoms with Gasteiger partial charge in [-0.2, -0.15) is 0 Å². The molecule has 2 saturated carbocycles. The summed E-state index contributed by atoms with van der Waals surface area (Å²) in [7, 11) is 0. The molecule has 1 aromatic rings. The average Bonchev–Trinajstić information content (AvgIpc) is 2.73. The second-order valence-corrected chi connectivity index (χ2v) is 6.39. The van der Waals surface area contributed by atoms with E-state index in [1.54, 1.807) is 0 Å². The summed E-state index contributed by atoms with van der Waals surface area (Å²) < 4.78 is 0. The van der Waals surface area contributed by atoms with Crippen molar-refractivity contribution in [2.24, 2.45) is 17.6 Å². The standard InChI is InChI=1S/C17H25N/c1-12-4-2-7-16(12)17(18)15-10-8-14(9-11-15)13-5-3-6-13/h8-13,16-17H,2-7,18H2,1H3. The number of hydrogen-bond acceptors (Lipinski definition) is 1. The molecule has 2 aliphatic rings. The Labute approximate surface area is 111 Å². The Kier molecular flexibility index (Phi) is 3.43. The molecule has 18 heavy (non-hydrogen) atoms. The van der Waals surface area contributed by atoms with Crippen LogP contribution >= 0.6 is 0 Å². The highest BCUT2D eigenvalue weighted by Crippen LogP contribution is 2.40. The third-order valence-electron chi connectivity index (χ3n) is 5.29. The molecule has 0 spiro atoms. The number of benzene rings is 1. The minimum Gasteiger partial charge on any atom is -0.324 e. The van der Waals surface area contributed by atoms with Gasteiger partial charge in [0.1, 0.15) is 0 Å². The van der Waals surface area contributed by atoms with Gasteiger partial charge in [-0.3, -0.25) is 0 Å². The van der Waals surface area contributed by atoms with Crippen molar-refractivity contribution in [3.8, 4) is 0 Å². The highest BCUT2D eigenvalue weighted by atomic mass is 14.7. The Morgan fingerprint density at radius 3 is 2.17 bits per heavy atom. The first-order valence-electron chi connectivity index (χ1n) is 7.61. The van der Waals surface area contributed by atoms with Crippen LogP contribution in [-0.4, -0.2) is 0 Å². The summed E-state index contributed by atoms with van der Waals surface area (Å²) in [6, 6.07) is 9.45. The van der Waals surface area contributed by atoms with Gasteiger partial charge in [-0.05, 0) is 48.1 Å². The minimum atomic E-state index is 0.248. The molecule has 0 saturated heterocycles. The molecule has 2 fully saturated rings. The highest BCUT2D eigenvalue weighted by Gasteiger charge is 2.29. The van der Waals surface area contributed by atoms with Gasteiger partial charge in [0, 0.05) is 6.04 Å². The summed E-state index contributed by atoms with van der Waals surface area (Å²) in [6.07, 6.45) is 8.20. The molecule has 0 aliphatic heterocycles. The van der Waals surface area contributed by atoms with E-state index in [-0.39, 0.29) is 6.04 Å². The van der Waals surface area contributed by atoms with E-state index >= 15 is 0 Å². The van der Waals surface area contributed by atoms with E-state index in [1.165, 1.54) is 49.7 Å². The van der Waals surface area contributed by atoms with Crippen LogP contribution in [0.15, 0.2) is 24.3 Å². The molecule has 0 aromatic heterocycles. The van der Waals surface area contributed by atoms with Gasteiger partial charge < -0.3 is 5.73 Å². The lowest BCUT2D eigenvalue weighted by Crippen LogP contribution is -2.23. The summed E-state index contributed by atoms with van der Waals surface area (Å²) in [5.74, 6) is 2.33. The fraction of sp³-hybridized carbons (Fsp3) is 0.647. The zero-order chi connectivity index (χ0) is 12.5. The summed E-state index contributed by atoms with van der Waals surface area (Å²) >= 11 is 0. The van der Waals surface area contributed by atoms with E-state index in [0.29, 0.717) is 5.92 Å². The Balaban J connectivity index is 1.71. The van der Waals surface area contributed by atoms with Crippen LogP contribution in [0.4, 0.5) is 0 Å². The van der Waals surface area contributed by atoms with Crippen molar-refractivity contribution in [2.45, 2.75) is 57.4 Å². The van der Waals surface area contributed by atoms with E-state index in [1.807, 2.05) is 0 Å². The Bertz CT molecular complexity index is 391. The number of hydrogen-bond donors (Lipinski definition) is 1. The van der Waals surface area contributed by atoms with E-state index in [9.17, 15) is 0 Å². The summed E-state index contributed by atoms with van der Waals surface area (Å²) in [5, 5.41) is 0. The predicted octanol–water partition coefficient (Wildman–Crippen LogP) is 4.39. The number of nitrogens with two attached hydrogens (primary N) is 1. The van der Waals surface area contributed by atoms with E-state index < -0.39 is 0 Å². The normalized spacial score (nSPS) is 30.1. The van der Waals surface area contributed by atoms with Gasteiger partial charge in [0.15, 0.2) is 0 Å². The minimum absolute atomic E-state index is 0.248. The van der Waals surface area contributed by atoms with Crippen LogP contribution in [0.5, 0.6) is 0 Å². The number of rotatable bonds is 3. The monoisotopic (exact) mass is 243 g/mol. The van der Waals surface area contributed by atoms with Crippen LogP contribution in [0, 0.1) is 11.8 Å². The molecule has 1 heteroatoms. The molecule has 98 valence electrons. The Hall–Kier alpha value is -0.820. The molecule has 0 heterocycles. The largest absolute Gasteiger partial charge is 0.324 e. The molecule has 1 aromatic carbocycles. The lowest BCUT2D eigenvalue weighted by atomic mass is 9.79. The van der Waals surface area contributed by atoms with Crippen molar-refractivity contribution >= 4 is 0 Å². The molecule has 3 atom stereocenters. The molecule has 2 N–H and O–H groups in total. The quantitative estimate of drug-likeness (QED) is 0.837. The molecule has 3 rings (SSSR count). The van der Waals surface area contributed by atoms with Gasteiger partial charge in [0.05, 0.1) is 0 Å². The molecular weight excluding hydrogens is 218 g/mol. The van der Waals surface area contributed by atoms with Gasteiger partial charge in [0.2, 0.25) is 0 Å². The summed E-state index contributed by atoms with van der Waals surface area (Å²) in [4.78, 5) is 0. The van der Waals surface area contributed by atoms with Gasteiger partial charge in [-0.1, -0.05) is 50.5 Å². The van der Waals surface area contributed by atoms with Gasteiger partial charge >= 0.3 is 0 Å². The maximum atomic E-state index is 6.46. The third-order valence-corrected chi connectivity index (χ3v) is 5.29. The van der Waals surface area contributed by atoms with Crippen molar-refractivity contribution in [2.75, 3.05) is 0 Å². The zero-order valence-corrected chi connectivity index (χ0v) is 11.4. The molecular formula is C17H25N. The Morgan fingerprint density at radius 1 is 1.00 bits per heavy atom. The van der Waals surface area contributed by atoms with E-state index in [2.05, 4.69) is 31.2 Å². The zero-order valence-electron chi connectivity index (χ0n) is 11.4. The van der Waals surface area contributed by atoms with Crippen molar-refractivity contribution < 1.29 is 0 Å². The third kappa shape index (κ3) is 2.21. The summed E-state index contributed by atoms with van der Waals surface area (Å²) in [5.41, 5.74) is 9.33. The maximum Gasteiger partial charge on any atom is 0.0326 e. The average molecular weight is 243 g/mol. The van der Waals surface area contributed by atoms with Gasteiger partial charge in [0.25, 0.3) is 0 Å². The van der Waals surface area contributed by atoms with Crippen LogP contribution in [0.25, 0.3) is 0 Å². The fourth-order valence-corrected chi connectivity index (χ4v) is 3.69. The smallest absolute Gasteiger partial charge is 0.0326 e. The molecule has 0 radical (unpaired) electrons. The second-order valence-electron chi connectivity index (χ2n) is 6.39. The molecule has 2 aliphatic carbocycles. The van der Waals surface area contributed by atoms with Crippen molar-refractivity contribution in [3.63, 3.8) is 0 Å². The van der Waals surface area contributed by atoms with E-state index in [0.717, 1.165) is 11.8 Å². The topological polar surface area (TPSA) is 26.0 Å². The fourth-order valence-electron chi connectivity index (χ4n) is 3.69. The van der Waals surface area contributed by atoms with Gasteiger partial charge in [-0.25, -0.2) is 0 Å². The van der Waals surface area contributed by atoms with Crippen molar-refractivity contribution in [1.82, 2.24) is 0 Å². The van der Waals surface area contributed by atoms with Crippen LogP contribution in [0.1, 0.15) is 68.5 Å². The van der Waals surface area contributed by atoms with Crippen LogP contribution in [0.2, 0.25) is 0 Å². The predicted molar refractivity (Wildman–Crippen MR) is 76.5 cm³/mol. The van der Waals surface area contributed by atoms with Gasteiger partial charge in [-0.15, -0.1) is 0 Å².